The maximum absolute atomic E-state index is 12.4. The fourth-order valence-corrected chi connectivity index (χ4v) is 3.73. The minimum absolute atomic E-state index is 0.0679. The van der Waals surface area contributed by atoms with Crippen molar-refractivity contribution in [2.75, 3.05) is 18.1 Å². The Kier molecular flexibility index (Phi) is 4.35. The zero-order valence-corrected chi connectivity index (χ0v) is 14.3. The monoisotopic (exact) mass is 351 g/mol. The Labute approximate surface area is 149 Å². The predicted octanol–water partition coefficient (Wildman–Crippen LogP) is 3.60. The zero-order chi connectivity index (χ0) is 17.1. The van der Waals surface area contributed by atoms with Gasteiger partial charge < -0.3 is 15.0 Å². The normalized spacial score (nSPS) is 13.0. The number of hydrogen-bond acceptors (Lipinski definition) is 5. The highest BCUT2D eigenvalue weighted by atomic mass is 32.1. The largest absolute Gasteiger partial charge is 0.490 e. The van der Waals surface area contributed by atoms with Crippen LogP contribution in [-0.2, 0) is 6.54 Å². The molecule has 1 aromatic carbocycles. The molecule has 0 bridgehead atoms. The third kappa shape index (κ3) is 3.34. The van der Waals surface area contributed by atoms with Crippen molar-refractivity contribution >= 4 is 27.9 Å². The van der Waals surface area contributed by atoms with Crippen molar-refractivity contribution < 1.29 is 9.53 Å². The first-order chi connectivity index (χ1) is 12.3. The van der Waals surface area contributed by atoms with Gasteiger partial charge in [0.25, 0.3) is 5.91 Å². The molecule has 1 aliphatic heterocycles. The van der Waals surface area contributed by atoms with E-state index < -0.39 is 0 Å². The number of benzene rings is 1. The van der Waals surface area contributed by atoms with Crippen LogP contribution >= 0.6 is 11.3 Å². The maximum Gasteiger partial charge on any atom is 0.261 e. The summed E-state index contributed by atoms with van der Waals surface area (Å²) >= 11 is 1.49. The molecule has 1 aliphatic rings. The van der Waals surface area contributed by atoms with Crippen LogP contribution in [0, 0.1) is 0 Å². The number of para-hydroxylation sites is 2. The van der Waals surface area contributed by atoms with Crippen molar-refractivity contribution in [1.29, 1.82) is 0 Å². The van der Waals surface area contributed by atoms with E-state index in [9.17, 15) is 4.79 Å². The van der Waals surface area contributed by atoms with Gasteiger partial charge in [-0.3, -0.25) is 9.78 Å². The fraction of sp³-hybridized carbons (Fsp3) is 0.158. The lowest BCUT2D eigenvalue weighted by Crippen LogP contribution is -2.27. The molecule has 4 rings (SSSR count). The SMILES string of the molecule is O=C(NCc1cccnc1)c1ccc(N2CCOc3ccccc32)s1. The first kappa shape index (κ1) is 15.7. The van der Waals surface area contributed by atoms with E-state index >= 15 is 0 Å². The highest BCUT2D eigenvalue weighted by Gasteiger charge is 2.21. The Morgan fingerprint density at radius 1 is 1.20 bits per heavy atom. The molecule has 0 spiro atoms. The number of hydrogen-bond donors (Lipinski definition) is 1. The van der Waals surface area contributed by atoms with Crippen molar-refractivity contribution in [2.24, 2.45) is 0 Å². The number of fused-ring (bicyclic) bond motifs is 1. The topological polar surface area (TPSA) is 54.5 Å². The lowest BCUT2D eigenvalue weighted by molar-refractivity contribution is 0.0955. The molecule has 1 amide bonds. The highest BCUT2D eigenvalue weighted by molar-refractivity contribution is 7.18. The van der Waals surface area contributed by atoms with Crippen LogP contribution in [0.2, 0.25) is 0 Å². The number of ether oxygens (including phenoxy) is 1. The third-order valence-corrected chi connectivity index (χ3v) is 5.09. The summed E-state index contributed by atoms with van der Waals surface area (Å²) < 4.78 is 5.69. The van der Waals surface area contributed by atoms with E-state index in [0.717, 1.165) is 28.5 Å². The molecule has 25 heavy (non-hydrogen) atoms. The quantitative estimate of drug-likeness (QED) is 0.780. The van der Waals surface area contributed by atoms with Crippen LogP contribution in [0.1, 0.15) is 15.2 Å². The molecule has 0 saturated carbocycles. The molecule has 0 radical (unpaired) electrons. The van der Waals surface area contributed by atoms with Gasteiger partial charge in [-0.1, -0.05) is 18.2 Å². The van der Waals surface area contributed by atoms with E-state index in [1.165, 1.54) is 11.3 Å². The lowest BCUT2D eigenvalue weighted by Gasteiger charge is -2.29. The molecule has 126 valence electrons. The highest BCUT2D eigenvalue weighted by Crippen LogP contribution is 2.39. The standard InChI is InChI=1S/C19H17N3O2S/c23-19(21-13-14-4-3-9-20-12-14)17-7-8-18(25-17)22-10-11-24-16-6-2-1-5-15(16)22/h1-9,12H,10-11,13H2,(H,21,23). The van der Waals surface area contributed by atoms with Gasteiger partial charge >= 0.3 is 0 Å². The smallest absolute Gasteiger partial charge is 0.261 e. The van der Waals surface area contributed by atoms with E-state index in [4.69, 9.17) is 4.74 Å². The van der Waals surface area contributed by atoms with E-state index in [1.807, 2.05) is 48.5 Å². The first-order valence-electron chi connectivity index (χ1n) is 8.07. The Hall–Kier alpha value is -2.86. The van der Waals surface area contributed by atoms with Crippen molar-refractivity contribution in [1.82, 2.24) is 10.3 Å². The zero-order valence-electron chi connectivity index (χ0n) is 13.5. The average Bonchev–Trinajstić information content (AvgIpc) is 3.16. The first-order valence-corrected chi connectivity index (χ1v) is 8.89. The van der Waals surface area contributed by atoms with Crippen molar-refractivity contribution in [3.05, 3.63) is 71.4 Å². The number of carbonyl (C=O) groups is 1. The van der Waals surface area contributed by atoms with Gasteiger partial charge in [-0.15, -0.1) is 11.3 Å². The molecular formula is C19H17N3O2S. The molecule has 3 heterocycles. The molecule has 1 N–H and O–H groups in total. The predicted molar refractivity (Wildman–Crippen MR) is 98.7 cm³/mol. The molecule has 0 fully saturated rings. The van der Waals surface area contributed by atoms with Crippen molar-refractivity contribution in [2.45, 2.75) is 6.54 Å². The number of thiophene rings is 1. The summed E-state index contributed by atoms with van der Waals surface area (Å²) in [6.07, 6.45) is 3.47. The molecule has 6 heteroatoms. The summed E-state index contributed by atoms with van der Waals surface area (Å²) in [5.41, 5.74) is 2.02. The summed E-state index contributed by atoms with van der Waals surface area (Å²) in [4.78, 5) is 19.3. The van der Waals surface area contributed by atoms with Gasteiger partial charge in [0.1, 0.15) is 12.4 Å². The van der Waals surface area contributed by atoms with Crippen LogP contribution in [0.5, 0.6) is 5.75 Å². The maximum atomic E-state index is 12.4. The second kappa shape index (κ2) is 6.94. The Morgan fingerprint density at radius 2 is 2.12 bits per heavy atom. The summed E-state index contributed by atoms with van der Waals surface area (Å²) in [6.45, 7) is 1.88. The molecule has 5 nitrogen and oxygen atoms in total. The molecule has 3 aromatic rings. The van der Waals surface area contributed by atoms with Gasteiger partial charge in [-0.25, -0.2) is 0 Å². The third-order valence-electron chi connectivity index (χ3n) is 3.99. The summed E-state index contributed by atoms with van der Waals surface area (Å²) in [6, 6.07) is 15.6. The number of pyridine rings is 1. The van der Waals surface area contributed by atoms with E-state index in [2.05, 4.69) is 15.2 Å². The van der Waals surface area contributed by atoms with Gasteiger partial charge in [-0.2, -0.15) is 0 Å². The summed E-state index contributed by atoms with van der Waals surface area (Å²) in [5.74, 6) is 0.811. The molecule has 0 aliphatic carbocycles. The average molecular weight is 351 g/mol. The number of nitrogens with one attached hydrogen (secondary N) is 1. The van der Waals surface area contributed by atoms with Crippen LogP contribution in [0.3, 0.4) is 0 Å². The van der Waals surface area contributed by atoms with Gasteiger partial charge in [0.2, 0.25) is 0 Å². The number of rotatable bonds is 4. The number of nitrogens with zero attached hydrogens (tertiary/aromatic N) is 2. The van der Waals surface area contributed by atoms with E-state index in [1.54, 1.807) is 12.4 Å². The van der Waals surface area contributed by atoms with Gasteiger partial charge in [-0.05, 0) is 35.9 Å². The second-order valence-corrected chi connectivity index (χ2v) is 6.71. The summed E-state index contributed by atoms with van der Waals surface area (Å²) in [7, 11) is 0. The van der Waals surface area contributed by atoms with Crippen LogP contribution in [0.25, 0.3) is 0 Å². The van der Waals surface area contributed by atoms with E-state index in [-0.39, 0.29) is 5.91 Å². The molecule has 0 saturated heterocycles. The van der Waals surface area contributed by atoms with E-state index in [0.29, 0.717) is 18.0 Å². The number of aromatic nitrogens is 1. The van der Waals surface area contributed by atoms with Crippen molar-refractivity contribution in [3.63, 3.8) is 0 Å². The molecule has 0 atom stereocenters. The molecule has 2 aromatic heterocycles. The number of carbonyl (C=O) groups excluding carboxylic acids is 1. The fourth-order valence-electron chi connectivity index (χ4n) is 2.77. The Morgan fingerprint density at radius 3 is 3.00 bits per heavy atom. The van der Waals surface area contributed by atoms with Gasteiger partial charge in [0.05, 0.1) is 22.1 Å². The Balaban J connectivity index is 1.48. The molecule has 0 unspecified atom stereocenters. The Bertz CT molecular complexity index is 879. The number of anilines is 2. The minimum Gasteiger partial charge on any atom is -0.490 e. The second-order valence-electron chi connectivity index (χ2n) is 5.65. The minimum atomic E-state index is -0.0679. The number of amides is 1. The summed E-state index contributed by atoms with van der Waals surface area (Å²) in [5, 5.41) is 3.98. The van der Waals surface area contributed by atoms with Crippen LogP contribution in [0.15, 0.2) is 60.9 Å². The van der Waals surface area contributed by atoms with Crippen LogP contribution in [-0.4, -0.2) is 24.0 Å². The molecular weight excluding hydrogens is 334 g/mol. The van der Waals surface area contributed by atoms with Crippen molar-refractivity contribution in [3.8, 4) is 5.75 Å². The van der Waals surface area contributed by atoms with Crippen LogP contribution < -0.4 is 15.0 Å². The van der Waals surface area contributed by atoms with Crippen LogP contribution in [0.4, 0.5) is 10.7 Å². The van der Waals surface area contributed by atoms with Gasteiger partial charge in [0.15, 0.2) is 0 Å². The lowest BCUT2D eigenvalue weighted by atomic mass is 10.2. The van der Waals surface area contributed by atoms with Gasteiger partial charge in [0, 0.05) is 18.9 Å².